The van der Waals surface area contributed by atoms with E-state index in [9.17, 15) is 9.59 Å². The van der Waals surface area contributed by atoms with E-state index in [1.54, 1.807) is 18.7 Å². The van der Waals surface area contributed by atoms with Crippen LogP contribution in [0.4, 0.5) is 0 Å². The van der Waals surface area contributed by atoms with Crippen LogP contribution in [0.15, 0.2) is 60.7 Å². The summed E-state index contributed by atoms with van der Waals surface area (Å²) in [5.41, 5.74) is 1.23. The smallest absolute Gasteiger partial charge is 0.237 e. The largest absolute Gasteiger partial charge is 0.355 e. The lowest BCUT2D eigenvalue weighted by Gasteiger charge is -2.30. The van der Waals surface area contributed by atoms with Crippen LogP contribution in [0.25, 0.3) is 0 Å². The average Bonchev–Trinajstić information content (AvgIpc) is 2.70. The molecule has 0 radical (unpaired) electrons. The monoisotopic (exact) mass is 366 g/mol. The maximum Gasteiger partial charge on any atom is 0.237 e. The summed E-state index contributed by atoms with van der Waals surface area (Å²) in [4.78, 5) is 27.3. The Morgan fingerprint density at radius 3 is 2.04 bits per heavy atom. The minimum absolute atomic E-state index is 0.144. The Labute approximate surface area is 162 Å². The van der Waals surface area contributed by atoms with Crippen molar-refractivity contribution in [1.82, 2.24) is 10.2 Å². The molecule has 0 fully saturated rings. The van der Waals surface area contributed by atoms with E-state index in [4.69, 9.17) is 0 Å². The molecule has 4 heteroatoms. The molecule has 2 amide bonds. The molecule has 1 N–H and O–H groups in total. The number of benzene rings is 2. The number of aryl methyl sites for hydroxylation is 1. The lowest BCUT2D eigenvalue weighted by Crippen LogP contribution is -2.49. The van der Waals surface area contributed by atoms with Crippen LogP contribution in [-0.4, -0.2) is 29.8 Å². The summed E-state index contributed by atoms with van der Waals surface area (Å²) in [6, 6.07) is 20.0. The normalized spacial score (nSPS) is 11.1. The summed E-state index contributed by atoms with van der Waals surface area (Å²) in [5, 5.41) is 2.93. The number of hydrogen-bond donors (Lipinski definition) is 1. The first-order valence-electron chi connectivity index (χ1n) is 9.60. The second-order valence-electron chi connectivity index (χ2n) is 7.27. The highest BCUT2D eigenvalue weighted by Crippen LogP contribution is 2.21. The van der Waals surface area contributed by atoms with Gasteiger partial charge in [-0.2, -0.15) is 0 Å². The number of hydrogen-bond acceptors (Lipinski definition) is 2. The molecular weight excluding hydrogens is 336 g/mol. The topological polar surface area (TPSA) is 49.4 Å². The van der Waals surface area contributed by atoms with E-state index < -0.39 is 5.41 Å². The van der Waals surface area contributed by atoms with Crippen molar-refractivity contribution in [3.63, 3.8) is 0 Å². The highest BCUT2D eigenvalue weighted by atomic mass is 16.2. The van der Waals surface area contributed by atoms with Crippen molar-refractivity contribution in [2.75, 3.05) is 13.1 Å². The molecule has 0 saturated heterocycles. The third-order valence-electron chi connectivity index (χ3n) is 4.76. The molecule has 2 rings (SSSR count). The third-order valence-corrected chi connectivity index (χ3v) is 4.76. The minimum Gasteiger partial charge on any atom is -0.355 e. The molecule has 27 heavy (non-hydrogen) atoms. The molecular formula is C23H30N2O2. The van der Waals surface area contributed by atoms with Gasteiger partial charge in [0.2, 0.25) is 11.8 Å². The van der Waals surface area contributed by atoms with E-state index in [1.807, 2.05) is 55.5 Å². The van der Waals surface area contributed by atoms with Crippen LogP contribution in [0, 0.1) is 5.41 Å². The molecule has 144 valence electrons. The number of carbonyl (C=O) groups is 2. The van der Waals surface area contributed by atoms with Crippen LogP contribution >= 0.6 is 0 Å². The lowest BCUT2D eigenvalue weighted by molar-refractivity contribution is -0.148. The van der Waals surface area contributed by atoms with Crippen molar-refractivity contribution in [2.45, 2.75) is 40.2 Å². The fraction of sp³-hybridized carbons (Fsp3) is 0.391. The summed E-state index contributed by atoms with van der Waals surface area (Å²) < 4.78 is 0. The zero-order valence-corrected chi connectivity index (χ0v) is 16.6. The Bertz CT molecular complexity index is 727. The molecule has 2 aromatic carbocycles. The first-order chi connectivity index (χ1) is 12.9. The van der Waals surface area contributed by atoms with Crippen molar-refractivity contribution in [3.8, 4) is 0 Å². The summed E-state index contributed by atoms with van der Waals surface area (Å²) in [7, 11) is 0. The van der Waals surface area contributed by atoms with Gasteiger partial charge in [0.15, 0.2) is 0 Å². The van der Waals surface area contributed by atoms with Gasteiger partial charge in [-0.25, -0.2) is 0 Å². The molecule has 0 bridgehead atoms. The van der Waals surface area contributed by atoms with E-state index in [2.05, 4.69) is 17.4 Å². The second kappa shape index (κ2) is 9.91. The first-order valence-corrected chi connectivity index (χ1v) is 9.60. The molecule has 0 heterocycles. The van der Waals surface area contributed by atoms with E-state index in [0.29, 0.717) is 19.6 Å². The standard InChI is InChI=1S/C23H30N2O2/c1-4-25(18-20-14-9-6-10-15-20)22(27)23(2,3)21(26)24-17-11-16-19-12-7-5-8-13-19/h5-10,12-15H,4,11,16-18H2,1-3H3,(H,24,26). The predicted molar refractivity (Wildman–Crippen MR) is 109 cm³/mol. The van der Waals surface area contributed by atoms with Crippen LogP contribution < -0.4 is 5.32 Å². The van der Waals surface area contributed by atoms with Gasteiger partial charge in [-0.15, -0.1) is 0 Å². The molecule has 0 atom stereocenters. The minimum atomic E-state index is -1.09. The van der Waals surface area contributed by atoms with Gasteiger partial charge < -0.3 is 10.2 Å². The third kappa shape index (κ3) is 5.95. The maximum absolute atomic E-state index is 13.0. The fourth-order valence-corrected chi connectivity index (χ4v) is 2.98. The van der Waals surface area contributed by atoms with Gasteiger partial charge in [0, 0.05) is 19.6 Å². The Morgan fingerprint density at radius 1 is 0.926 bits per heavy atom. The van der Waals surface area contributed by atoms with Gasteiger partial charge in [-0.3, -0.25) is 9.59 Å². The summed E-state index contributed by atoms with van der Waals surface area (Å²) in [6.07, 6.45) is 1.76. The molecule has 2 aromatic rings. The van der Waals surface area contributed by atoms with Crippen molar-refractivity contribution >= 4 is 11.8 Å². The van der Waals surface area contributed by atoms with Gasteiger partial charge in [-0.1, -0.05) is 60.7 Å². The van der Waals surface area contributed by atoms with Crippen molar-refractivity contribution in [2.24, 2.45) is 5.41 Å². The van der Waals surface area contributed by atoms with Gasteiger partial charge in [0.25, 0.3) is 0 Å². The second-order valence-corrected chi connectivity index (χ2v) is 7.27. The molecule has 0 spiro atoms. The molecule has 0 aromatic heterocycles. The summed E-state index contributed by atoms with van der Waals surface area (Å²) in [6.45, 7) is 6.99. The van der Waals surface area contributed by atoms with Crippen LogP contribution in [0.1, 0.15) is 38.3 Å². The number of carbonyl (C=O) groups excluding carboxylic acids is 2. The molecule has 0 saturated carbocycles. The van der Waals surface area contributed by atoms with E-state index in [0.717, 1.165) is 18.4 Å². The van der Waals surface area contributed by atoms with Crippen molar-refractivity contribution in [3.05, 3.63) is 71.8 Å². The Hall–Kier alpha value is -2.62. The molecule has 0 aliphatic carbocycles. The Balaban J connectivity index is 1.87. The maximum atomic E-state index is 13.0. The van der Waals surface area contributed by atoms with Crippen molar-refractivity contribution in [1.29, 1.82) is 0 Å². The number of nitrogens with zero attached hydrogens (tertiary/aromatic N) is 1. The van der Waals surface area contributed by atoms with Gasteiger partial charge in [0.1, 0.15) is 5.41 Å². The molecule has 0 aliphatic rings. The zero-order valence-electron chi connectivity index (χ0n) is 16.6. The highest BCUT2D eigenvalue weighted by Gasteiger charge is 2.38. The zero-order chi connectivity index (χ0) is 19.7. The lowest BCUT2D eigenvalue weighted by atomic mass is 9.90. The van der Waals surface area contributed by atoms with Crippen LogP contribution in [-0.2, 0) is 22.6 Å². The van der Waals surface area contributed by atoms with E-state index in [1.165, 1.54) is 5.56 Å². The Kier molecular flexibility index (Phi) is 7.59. The highest BCUT2D eigenvalue weighted by molar-refractivity contribution is 6.04. The van der Waals surface area contributed by atoms with Gasteiger partial charge in [0.05, 0.1) is 0 Å². The van der Waals surface area contributed by atoms with Crippen molar-refractivity contribution < 1.29 is 9.59 Å². The number of nitrogens with one attached hydrogen (secondary N) is 1. The Morgan fingerprint density at radius 2 is 1.48 bits per heavy atom. The first kappa shape index (κ1) is 20.7. The fourth-order valence-electron chi connectivity index (χ4n) is 2.98. The molecule has 4 nitrogen and oxygen atoms in total. The number of rotatable bonds is 9. The van der Waals surface area contributed by atoms with Crippen LogP contribution in [0.3, 0.4) is 0 Å². The van der Waals surface area contributed by atoms with E-state index in [-0.39, 0.29) is 11.8 Å². The summed E-state index contributed by atoms with van der Waals surface area (Å²) >= 11 is 0. The van der Waals surface area contributed by atoms with E-state index >= 15 is 0 Å². The predicted octanol–water partition coefficient (Wildman–Crippen LogP) is 3.81. The van der Waals surface area contributed by atoms with Gasteiger partial charge in [-0.05, 0) is 44.7 Å². The number of amides is 2. The molecule has 0 aliphatic heterocycles. The SMILES string of the molecule is CCN(Cc1ccccc1)C(=O)C(C)(C)C(=O)NCCCc1ccccc1. The van der Waals surface area contributed by atoms with Crippen LogP contribution in [0.5, 0.6) is 0 Å². The average molecular weight is 367 g/mol. The summed E-state index contributed by atoms with van der Waals surface area (Å²) in [5.74, 6) is -0.360. The molecule has 0 unspecified atom stereocenters. The van der Waals surface area contributed by atoms with Gasteiger partial charge >= 0.3 is 0 Å². The quantitative estimate of drug-likeness (QED) is 0.542. The van der Waals surface area contributed by atoms with Crippen LogP contribution in [0.2, 0.25) is 0 Å².